The van der Waals surface area contributed by atoms with Gasteiger partial charge in [-0.3, -0.25) is 0 Å². The summed E-state index contributed by atoms with van der Waals surface area (Å²) < 4.78 is 17.8. The van der Waals surface area contributed by atoms with Gasteiger partial charge in [-0.2, -0.15) is 0 Å². The fourth-order valence-corrected chi connectivity index (χ4v) is 8.56. The number of hydrogen-bond donors (Lipinski definition) is 0. The van der Waals surface area contributed by atoms with Crippen LogP contribution >= 0.6 is 0 Å². The molecule has 1 atom stereocenters. The SMILES string of the molecule is CC1(C)OC(=O)C(CCO[Si](c2ccccc2)(c2ccccc2)C(C)(C)C)O1. The lowest BCUT2D eigenvalue weighted by Gasteiger charge is -2.43. The van der Waals surface area contributed by atoms with Crippen LogP contribution in [0.25, 0.3) is 0 Å². The Kier molecular flexibility index (Phi) is 5.80. The monoisotopic (exact) mass is 398 g/mol. The molecular formula is C23H30O4Si. The quantitative estimate of drug-likeness (QED) is 0.551. The molecule has 1 heterocycles. The summed E-state index contributed by atoms with van der Waals surface area (Å²) in [5.74, 6) is -1.17. The van der Waals surface area contributed by atoms with E-state index in [0.29, 0.717) is 13.0 Å². The lowest BCUT2D eigenvalue weighted by molar-refractivity contribution is -0.160. The highest BCUT2D eigenvalue weighted by atomic mass is 28.4. The third-order valence-corrected chi connectivity index (χ3v) is 10.2. The Morgan fingerprint density at radius 2 is 1.46 bits per heavy atom. The van der Waals surface area contributed by atoms with E-state index >= 15 is 0 Å². The van der Waals surface area contributed by atoms with Gasteiger partial charge in [-0.1, -0.05) is 81.4 Å². The summed E-state index contributed by atoms with van der Waals surface area (Å²) in [6.07, 6.45) is -0.0968. The fourth-order valence-electron chi connectivity index (χ4n) is 3.98. The Morgan fingerprint density at radius 3 is 1.86 bits per heavy atom. The first-order valence-corrected chi connectivity index (χ1v) is 11.7. The van der Waals surface area contributed by atoms with Gasteiger partial charge in [-0.15, -0.1) is 0 Å². The molecule has 1 fully saturated rings. The summed E-state index contributed by atoms with van der Waals surface area (Å²) in [7, 11) is -2.59. The van der Waals surface area contributed by atoms with E-state index in [1.54, 1.807) is 13.8 Å². The summed E-state index contributed by atoms with van der Waals surface area (Å²) in [6.45, 7) is 10.7. The van der Waals surface area contributed by atoms with Gasteiger partial charge < -0.3 is 13.9 Å². The molecule has 5 heteroatoms. The molecule has 1 aliphatic heterocycles. The molecule has 28 heavy (non-hydrogen) atoms. The van der Waals surface area contributed by atoms with Gasteiger partial charge in [0.2, 0.25) is 5.79 Å². The van der Waals surface area contributed by atoms with Crippen molar-refractivity contribution in [1.29, 1.82) is 0 Å². The molecule has 0 aromatic heterocycles. The normalized spacial score (nSPS) is 19.5. The molecule has 4 nitrogen and oxygen atoms in total. The van der Waals surface area contributed by atoms with Crippen molar-refractivity contribution in [2.24, 2.45) is 0 Å². The van der Waals surface area contributed by atoms with Gasteiger partial charge in [0.25, 0.3) is 8.32 Å². The van der Waals surface area contributed by atoms with Gasteiger partial charge in [0.1, 0.15) is 0 Å². The molecule has 1 saturated heterocycles. The van der Waals surface area contributed by atoms with Crippen LogP contribution in [0.5, 0.6) is 0 Å². The molecule has 1 aliphatic rings. The van der Waals surface area contributed by atoms with Crippen LogP contribution < -0.4 is 10.4 Å². The Bertz CT molecular complexity index is 757. The third kappa shape index (κ3) is 4.07. The van der Waals surface area contributed by atoms with Crippen LogP contribution in [0.15, 0.2) is 60.7 Å². The fraction of sp³-hybridized carbons (Fsp3) is 0.435. The van der Waals surface area contributed by atoms with Crippen molar-refractivity contribution < 1.29 is 18.7 Å². The zero-order valence-electron chi connectivity index (χ0n) is 17.4. The molecule has 0 amide bonds. The van der Waals surface area contributed by atoms with Gasteiger partial charge in [0, 0.05) is 26.9 Å². The summed E-state index contributed by atoms with van der Waals surface area (Å²) in [5.41, 5.74) is 0. The van der Waals surface area contributed by atoms with E-state index in [-0.39, 0.29) is 11.0 Å². The third-order valence-electron chi connectivity index (χ3n) is 5.15. The highest BCUT2D eigenvalue weighted by Crippen LogP contribution is 2.37. The van der Waals surface area contributed by atoms with Gasteiger partial charge in [0.15, 0.2) is 6.10 Å². The molecule has 3 rings (SSSR count). The molecule has 0 bridgehead atoms. The number of cyclic esters (lactones) is 1. The minimum atomic E-state index is -2.59. The van der Waals surface area contributed by atoms with Crippen molar-refractivity contribution in [2.75, 3.05) is 6.61 Å². The van der Waals surface area contributed by atoms with Crippen LogP contribution in [0.3, 0.4) is 0 Å². The molecule has 0 spiro atoms. The number of ether oxygens (including phenoxy) is 2. The van der Waals surface area contributed by atoms with Crippen LogP contribution in [0.4, 0.5) is 0 Å². The number of carbonyl (C=O) groups is 1. The first-order chi connectivity index (χ1) is 13.2. The predicted octanol–water partition coefficient (Wildman–Crippen LogP) is 3.63. The Hall–Kier alpha value is -1.95. The van der Waals surface area contributed by atoms with Crippen molar-refractivity contribution in [3.05, 3.63) is 60.7 Å². The molecule has 0 radical (unpaired) electrons. The Balaban J connectivity index is 1.92. The second-order valence-electron chi connectivity index (χ2n) is 8.73. The first kappa shape index (κ1) is 20.8. The van der Waals surface area contributed by atoms with E-state index < -0.39 is 20.2 Å². The summed E-state index contributed by atoms with van der Waals surface area (Å²) in [5, 5.41) is 2.36. The van der Waals surface area contributed by atoms with E-state index in [1.165, 1.54) is 10.4 Å². The summed E-state index contributed by atoms with van der Waals surface area (Å²) in [4.78, 5) is 12.1. The first-order valence-electron chi connectivity index (χ1n) is 9.81. The average Bonchev–Trinajstić information content (AvgIpc) is 2.91. The molecular weight excluding hydrogens is 368 g/mol. The zero-order chi connectivity index (χ0) is 20.4. The van der Waals surface area contributed by atoms with Gasteiger partial charge >= 0.3 is 5.97 Å². The average molecular weight is 399 g/mol. The van der Waals surface area contributed by atoms with E-state index in [9.17, 15) is 4.79 Å². The Morgan fingerprint density at radius 1 is 0.964 bits per heavy atom. The number of esters is 1. The van der Waals surface area contributed by atoms with Gasteiger partial charge in [-0.25, -0.2) is 4.79 Å². The maximum atomic E-state index is 12.1. The maximum Gasteiger partial charge on any atom is 0.338 e. The molecule has 0 aliphatic carbocycles. The predicted molar refractivity (Wildman–Crippen MR) is 113 cm³/mol. The smallest absolute Gasteiger partial charge is 0.338 e. The maximum absolute atomic E-state index is 12.1. The minimum absolute atomic E-state index is 0.0913. The largest absolute Gasteiger partial charge is 0.432 e. The summed E-state index contributed by atoms with van der Waals surface area (Å²) >= 11 is 0. The molecule has 2 aromatic carbocycles. The van der Waals surface area contributed by atoms with Crippen molar-refractivity contribution in [3.8, 4) is 0 Å². The number of carbonyl (C=O) groups excluding carboxylic acids is 1. The zero-order valence-corrected chi connectivity index (χ0v) is 18.4. The lowest BCUT2D eigenvalue weighted by atomic mass is 10.2. The second kappa shape index (κ2) is 7.82. The highest BCUT2D eigenvalue weighted by Gasteiger charge is 2.50. The Labute approximate surface area is 169 Å². The van der Waals surface area contributed by atoms with Crippen LogP contribution in [0, 0.1) is 0 Å². The second-order valence-corrected chi connectivity index (χ2v) is 13.0. The molecule has 150 valence electrons. The lowest BCUT2D eigenvalue weighted by Crippen LogP contribution is -2.66. The van der Waals surface area contributed by atoms with E-state index in [1.807, 2.05) is 12.1 Å². The van der Waals surface area contributed by atoms with E-state index in [4.69, 9.17) is 13.9 Å². The molecule has 0 N–H and O–H groups in total. The van der Waals surface area contributed by atoms with Crippen LogP contribution in [-0.2, 0) is 18.7 Å². The van der Waals surface area contributed by atoms with Crippen molar-refractivity contribution in [1.82, 2.24) is 0 Å². The topological polar surface area (TPSA) is 44.8 Å². The van der Waals surface area contributed by atoms with Crippen LogP contribution in [0.1, 0.15) is 41.0 Å². The number of rotatable bonds is 6. The van der Waals surface area contributed by atoms with Gasteiger partial charge in [-0.05, 0) is 15.4 Å². The van der Waals surface area contributed by atoms with E-state index in [2.05, 4.69) is 69.3 Å². The minimum Gasteiger partial charge on any atom is -0.432 e. The van der Waals surface area contributed by atoms with E-state index in [0.717, 1.165) is 0 Å². The molecule has 1 unspecified atom stereocenters. The van der Waals surface area contributed by atoms with Crippen molar-refractivity contribution in [3.63, 3.8) is 0 Å². The van der Waals surface area contributed by atoms with Crippen LogP contribution in [0.2, 0.25) is 5.04 Å². The van der Waals surface area contributed by atoms with Crippen LogP contribution in [-0.4, -0.2) is 32.8 Å². The molecule has 0 saturated carbocycles. The highest BCUT2D eigenvalue weighted by molar-refractivity contribution is 6.99. The number of benzene rings is 2. The van der Waals surface area contributed by atoms with Gasteiger partial charge in [0.05, 0.1) is 0 Å². The standard InChI is InChI=1S/C23H30O4Si/c1-22(2,3)28(18-12-8-6-9-13-18,19-14-10-7-11-15-19)25-17-16-20-21(24)27-23(4,5)26-20/h6-15,20H,16-17H2,1-5H3. The van der Waals surface area contributed by atoms with Crippen molar-refractivity contribution in [2.45, 2.75) is 58.0 Å². The summed E-state index contributed by atoms with van der Waals surface area (Å²) in [6, 6.07) is 21.0. The molecule has 2 aromatic rings. The number of hydrogen-bond acceptors (Lipinski definition) is 4. The van der Waals surface area contributed by atoms with Crippen molar-refractivity contribution >= 4 is 24.7 Å².